The molecule has 0 bridgehead atoms. The van der Waals surface area contributed by atoms with E-state index < -0.39 is 18.3 Å². The number of benzene rings is 2. The summed E-state index contributed by atoms with van der Waals surface area (Å²) in [6.45, 7) is 7.97. The number of urea groups is 1. The number of carbonyl (C=O) groups is 4. The minimum absolute atomic E-state index is 0.0645. The molecule has 2 aliphatic rings. The van der Waals surface area contributed by atoms with Crippen molar-refractivity contribution in [1.29, 1.82) is 0 Å². The van der Waals surface area contributed by atoms with Gasteiger partial charge in [-0.25, -0.2) is 14.6 Å². The first-order chi connectivity index (χ1) is 23.2. The Hall–Kier alpha value is -4.73. The van der Waals surface area contributed by atoms with E-state index in [2.05, 4.69) is 27.5 Å². The molecule has 1 aromatic heterocycles. The number of hydrazine groups is 1. The van der Waals surface area contributed by atoms with Crippen LogP contribution in [0.25, 0.3) is 10.2 Å². The molecule has 2 fully saturated rings. The van der Waals surface area contributed by atoms with Crippen LogP contribution in [0.5, 0.6) is 5.75 Å². The minimum Gasteiger partial charge on any atom is -0.410 e. The molecule has 2 saturated heterocycles. The van der Waals surface area contributed by atoms with Gasteiger partial charge < -0.3 is 36.2 Å². The summed E-state index contributed by atoms with van der Waals surface area (Å²) in [6, 6.07) is 11.5. The number of anilines is 1. The van der Waals surface area contributed by atoms with Gasteiger partial charge in [-0.05, 0) is 42.8 Å². The Bertz CT molecular complexity index is 1630. The van der Waals surface area contributed by atoms with Crippen molar-refractivity contribution in [2.75, 3.05) is 52.0 Å². The molecule has 5 amide bonds. The molecule has 2 atom stereocenters. The van der Waals surface area contributed by atoms with Crippen molar-refractivity contribution in [3.63, 3.8) is 0 Å². The van der Waals surface area contributed by atoms with Crippen LogP contribution in [-0.4, -0.2) is 107 Å². The first-order valence-electron chi connectivity index (χ1n) is 16.1. The SMILES string of the molecule is C=CCN(C(=O)NCCCC)N1CC(=O)N2[C@@H](Cc3ccc(OC(=O)NCCNC)cc3)C(=O)N(Cc3cccc4sc(N)nc34)C[C@@H]21. The molecule has 5 rings (SSSR count). The van der Waals surface area contributed by atoms with Gasteiger partial charge in [0.2, 0.25) is 11.8 Å². The first-order valence-corrected chi connectivity index (χ1v) is 16.9. The van der Waals surface area contributed by atoms with Gasteiger partial charge in [-0.15, -0.1) is 6.58 Å². The van der Waals surface area contributed by atoms with Gasteiger partial charge in [0.05, 0.1) is 29.9 Å². The summed E-state index contributed by atoms with van der Waals surface area (Å²) in [7, 11) is 1.79. The molecule has 48 heavy (non-hydrogen) atoms. The fourth-order valence-corrected chi connectivity index (χ4v) is 6.77. The van der Waals surface area contributed by atoms with Crippen LogP contribution in [0.1, 0.15) is 30.9 Å². The average Bonchev–Trinajstić information content (AvgIpc) is 3.61. The van der Waals surface area contributed by atoms with Crippen molar-refractivity contribution in [3.8, 4) is 5.75 Å². The lowest BCUT2D eigenvalue weighted by Gasteiger charge is -2.46. The molecule has 256 valence electrons. The van der Waals surface area contributed by atoms with Gasteiger partial charge in [0.15, 0.2) is 5.13 Å². The maximum Gasteiger partial charge on any atom is 0.412 e. The summed E-state index contributed by atoms with van der Waals surface area (Å²) in [5.41, 5.74) is 8.37. The van der Waals surface area contributed by atoms with Gasteiger partial charge in [-0.3, -0.25) is 14.6 Å². The van der Waals surface area contributed by atoms with Crippen molar-refractivity contribution in [2.45, 2.75) is 44.9 Å². The fraction of sp³-hybridized carbons (Fsp3) is 0.424. The molecule has 0 spiro atoms. The number of nitrogens with two attached hydrogens (primary N) is 1. The van der Waals surface area contributed by atoms with Crippen LogP contribution in [0.3, 0.4) is 0 Å². The van der Waals surface area contributed by atoms with Crippen molar-refractivity contribution in [2.24, 2.45) is 0 Å². The first kappa shape index (κ1) is 34.6. The summed E-state index contributed by atoms with van der Waals surface area (Å²) in [6.07, 6.45) is 2.42. The Kier molecular flexibility index (Phi) is 11.5. The molecule has 15 heteroatoms. The Labute approximate surface area is 283 Å². The zero-order valence-electron chi connectivity index (χ0n) is 27.3. The third kappa shape index (κ3) is 7.86. The van der Waals surface area contributed by atoms with Gasteiger partial charge in [-0.1, -0.05) is 55.0 Å². The van der Waals surface area contributed by atoms with Crippen LogP contribution < -0.4 is 26.4 Å². The number of hydrogen-bond acceptors (Lipinski definition) is 10. The van der Waals surface area contributed by atoms with E-state index in [0.29, 0.717) is 30.5 Å². The van der Waals surface area contributed by atoms with Crippen LogP contribution in [0.2, 0.25) is 0 Å². The van der Waals surface area contributed by atoms with E-state index in [-0.39, 0.29) is 50.4 Å². The van der Waals surface area contributed by atoms with Crippen LogP contribution in [0, 0.1) is 0 Å². The van der Waals surface area contributed by atoms with E-state index in [0.717, 1.165) is 34.2 Å². The summed E-state index contributed by atoms with van der Waals surface area (Å²) < 4.78 is 6.29. The average molecular weight is 678 g/mol. The van der Waals surface area contributed by atoms with Crippen LogP contribution in [0.15, 0.2) is 55.1 Å². The number of ether oxygens (including phenoxy) is 1. The Morgan fingerprint density at radius 2 is 1.94 bits per heavy atom. The van der Waals surface area contributed by atoms with Crippen LogP contribution in [0.4, 0.5) is 14.7 Å². The second kappa shape index (κ2) is 15.9. The highest BCUT2D eigenvalue weighted by atomic mass is 32.1. The summed E-state index contributed by atoms with van der Waals surface area (Å²) in [5.74, 6) is -0.113. The van der Waals surface area contributed by atoms with Crippen molar-refractivity contribution >= 4 is 50.6 Å². The zero-order valence-corrected chi connectivity index (χ0v) is 28.1. The van der Waals surface area contributed by atoms with E-state index >= 15 is 0 Å². The number of aromatic nitrogens is 1. The largest absolute Gasteiger partial charge is 0.412 e. The smallest absolute Gasteiger partial charge is 0.410 e. The zero-order chi connectivity index (χ0) is 34.2. The molecule has 0 aliphatic carbocycles. The molecule has 3 heterocycles. The summed E-state index contributed by atoms with van der Waals surface area (Å²) >= 11 is 1.38. The molecule has 5 N–H and O–H groups in total. The standard InChI is InChI=1S/C33H43N9O5S/c1-4-6-14-36-32(45)40(17-5-2)41-21-28(43)42-25(18-22-10-12-24(13-11-22)47-33(46)37-16-15-35-3)30(44)39(20-27(41)42)19-23-8-7-9-26-29(23)38-31(34)48-26/h5,7-13,25,27,35H,2,4,6,14-21H2,1,3H3,(H2,34,38)(H,36,45)(H,37,46)/t25-,27+/m0/s1. The topological polar surface area (TPSA) is 165 Å². The molecule has 0 radical (unpaired) electrons. The number of nitrogens with one attached hydrogen (secondary N) is 3. The Morgan fingerprint density at radius 3 is 2.67 bits per heavy atom. The number of thiazole rings is 1. The fourth-order valence-electron chi connectivity index (χ4n) is 5.99. The van der Waals surface area contributed by atoms with Gasteiger partial charge in [0.25, 0.3) is 0 Å². The lowest BCUT2D eigenvalue weighted by molar-refractivity contribution is -0.157. The number of rotatable bonds is 14. The molecule has 14 nitrogen and oxygen atoms in total. The number of para-hydroxylation sites is 1. The quantitative estimate of drug-likeness (QED) is 0.148. The lowest BCUT2D eigenvalue weighted by Crippen LogP contribution is -2.66. The molecular weight excluding hydrogens is 634 g/mol. The molecule has 2 aliphatic heterocycles. The molecule has 3 aromatic rings. The number of piperazine rings is 1. The van der Waals surface area contributed by atoms with E-state index in [1.807, 2.05) is 25.1 Å². The van der Waals surface area contributed by atoms with Crippen molar-refractivity contribution in [1.82, 2.24) is 40.8 Å². The maximum atomic E-state index is 14.3. The number of fused-ring (bicyclic) bond motifs is 2. The summed E-state index contributed by atoms with van der Waals surface area (Å²) in [5, 5.41) is 12.2. The highest BCUT2D eigenvalue weighted by Gasteiger charge is 2.52. The second-order valence-corrected chi connectivity index (χ2v) is 12.7. The van der Waals surface area contributed by atoms with Gasteiger partial charge in [0.1, 0.15) is 18.0 Å². The molecule has 0 unspecified atom stereocenters. The maximum absolute atomic E-state index is 14.3. The number of hydrogen-bond donors (Lipinski definition) is 4. The number of carbonyl (C=O) groups excluding carboxylic acids is 4. The van der Waals surface area contributed by atoms with Gasteiger partial charge >= 0.3 is 12.1 Å². The van der Waals surface area contributed by atoms with E-state index in [4.69, 9.17) is 10.5 Å². The lowest BCUT2D eigenvalue weighted by atomic mass is 9.99. The number of nitrogen functional groups attached to an aromatic ring is 1. The predicted octanol–water partition coefficient (Wildman–Crippen LogP) is 2.52. The molecular formula is C33H43N9O5S. The molecule has 2 aromatic carbocycles. The van der Waals surface area contributed by atoms with Crippen molar-refractivity contribution in [3.05, 3.63) is 66.2 Å². The van der Waals surface area contributed by atoms with Crippen LogP contribution >= 0.6 is 11.3 Å². The number of likely N-dealkylation sites (N-methyl/N-ethyl adjacent to an activating group) is 1. The van der Waals surface area contributed by atoms with E-state index in [1.165, 1.54) is 16.3 Å². The third-order valence-corrected chi connectivity index (χ3v) is 9.16. The third-order valence-electron chi connectivity index (χ3n) is 8.31. The number of nitrogens with zero attached hydrogens (tertiary/aromatic N) is 5. The summed E-state index contributed by atoms with van der Waals surface area (Å²) in [4.78, 5) is 61.3. The number of amides is 5. The highest BCUT2D eigenvalue weighted by molar-refractivity contribution is 7.22. The van der Waals surface area contributed by atoms with Gasteiger partial charge in [0, 0.05) is 32.6 Å². The van der Waals surface area contributed by atoms with Gasteiger partial charge in [-0.2, -0.15) is 5.01 Å². The predicted molar refractivity (Wildman–Crippen MR) is 184 cm³/mol. The highest BCUT2D eigenvalue weighted by Crippen LogP contribution is 2.32. The van der Waals surface area contributed by atoms with Crippen LogP contribution in [-0.2, 0) is 22.6 Å². The van der Waals surface area contributed by atoms with Crippen molar-refractivity contribution < 1.29 is 23.9 Å². The minimum atomic E-state index is -0.841. The van der Waals surface area contributed by atoms with E-state index in [1.54, 1.807) is 52.2 Å². The normalized spacial score (nSPS) is 17.8. The second-order valence-electron chi connectivity index (χ2n) is 11.7. The van der Waals surface area contributed by atoms with E-state index in [9.17, 15) is 19.2 Å². The Morgan fingerprint density at radius 1 is 1.15 bits per heavy atom. The molecule has 0 saturated carbocycles. The Balaban J connectivity index is 1.42. The number of unbranched alkanes of at least 4 members (excludes halogenated alkanes) is 1. The monoisotopic (exact) mass is 677 g/mol.